The first kappa shape index (κ1) is 21.2. The molecule has 1 fully saturated rings. The van der Waals surface area contributed by atoms with Gasteiger partial charge in [0.05, 0.1) is 24.7 Å². The van der Waals surface area contributed by atoms with Crippen LogP contribution in [0.25, 0.3) is 0 Å². The molecular weight excluding hydrogens is 374 g/mol. The van der Waals surface area contributed by atoms with Crippen molar-refractivity contribution in [2.24, 2.45) is 0 Å². The van der Waals surface area contributed by atoms with Crippen LogP contribution in [0.1, 0.15) is 32.8 Å². The molecule has 2 rings (SSSR count). The number of amides is 1. The van der Waals surface area contributed by atoms with E-state index in [0.717, 1.165) is 10.5 Å². The Labute approximate surface area is 159 Å². The van der Waals surface area contributed by atoms with Crippen LogP contribution in [0.4, 0.5) is 4.79 Å². The lowest BCUT2D eigenvalue weighted by molar-refractivity contribution is -0.145. The molecule has 0 N–H and O–H groups in total. The monoisotopic (exact) mass is 399 g/mol. The van der Waals surface area contributed by atoms with Crippen molar-refractivity contribution in [1.29, 1.82) is 0 Å². The number of esters is 1. The molecule has 0 saturated carbocycles. The summed E-state index contributed by atoms with van der Waals surface area (Å²) in [7, 11) is -2.83. The third-order valence-electron chi connectivity index (χ3n) is 3.94. The second-order valence-corrected chi connectivity index (χ2v) is 8.96. The number of ether oxygens (including phenoxy) is 2. The molecule has 150 valence electrons. The van der Waals surface area contributed by atoms with Crippen molar-refractivity contribution in [3.63, 3.8) is 0 Å². The zero-order valence-corrected chi connectivity index (χ0v) is 16.9. The summed E-state index contributed by atoms with van der Waals surface area (Å²) in [4.78, 5) is 25.6. The van der Waals surface area contributed by atoms with E-state index >= 15 is 0 Å². The van der Waals surface area contributed by atoms with Crippen molar-refractivity contribution in [3.05, 3.63) is 29.8 Å². The minimum atomic E-state index is -4.03. The third-order valence-corrected chi connectivity index (χ3v) is 5.31. The van der Waals surface area contributed by atoms with Crippen LogP contribution in [0.15, 0.2) is 29.2 Å². The number of likely N-dealkylation sites (tertiary alicyclic amines) is 1. The Hall–Kier alpha value is -2.13. The number of carbonyl (C=O) groups is 2. The second-order valence-electron chi connectivity index (χ2n) is 7.39. The Kier molecular flexibility index (Phi) is 6.16. The maximum atomic E-state index is 12.5. The minimum Gasteiger partial charge on any atom is -0.467 e. The van der Waals surface area contributed by atoms with Gasteiger partial charge in [-0.3, -0.25) is 9.08 Å². The molecule has 1 heterocycles. The van der Waals surface area contributed by atoms with Gasteiger partial charge in [-0.1, -0.05) is 17.7 Å². The number of hydrogen-bond donors (Lipinski definition) is 0. The normalized spacial score (nSPS) is 20.4. The number of hydrogen-bond acceptors (Lipinski definition) is 7. The van der Waals surface area contributed by atoms with Crippen LogP contribution >= 0.6 is 0 Å². The number of methoxy groups -OCH3 is 1. The molecule has 0 aliphatic carbocycles. The summed E-state index contributed by atoms with van der Waals surface area (Å²) in [5, 5.41) is 0. The average Bonchev–Trinajstić information content (AvgIpc) is 2.96. The fourth-order valence-electron chi connectivity index (χ4n) is 2.69. The molecule has 1 saturated heterocycles. The molecule has 1 aliphatic rings. The first-order valence-corrected chi connectivity index (χ1v) is 9.91. The molecule has 27 heavy (non-hydrogen) atoms. The lowest BCUT2D eigenvalue weighted by Crippen LogP contribution is -2.44. The topological polar surface area (TPSA) is 99.2 Å². The SMILES string of the molecule is COC(=O)[C@@H]1CC(OS(=O)(=O)c2ccc(C)cc2)CN1C(=O)OC(C)(C)C. The summed E-state index contributed by atoms with van der Waals surface area (Å²) in [5.74, 6) is -0.653. The zero-order valence-electron chi connectivity index (χ0n) is 16.1. The fourth-order valence-corrected chi connectivity index (χ4v) is 3.77. The van der Waals surface area contributed by atoms with Crippen LogP contribution in [0, 0.1) is 6.92 Å². The molecule has 1 aromatic carbocycles. The van der Waals surface area contributed by atoms with Gasteiger partial charge in [-0.25, -0.2) is 9.59 Å². The van der Waals surface area contributed by atoms with Crippen LogP contribution in [-0.4, -0.2) is 56.8 Å². The van der Waals surface area contributed by atoms with Crippen molar-refractivity contribution >= 4 is 22.2 Å². The maximum absolute atomic E-state index is 12.5. The van der Waals surface area contributed by atoms with E-state index in [9.17, 15) is 18.0 Å². The smallest absolute Gasteiger partial charge is 0.411 e. The molecule has 0 bridgehead atoms. The van der Waals surface area contributed by atoms with Gasteiger partial charge in [0.15, 0.2) is 0 Å². The van der Waals surface area contributed by atoms with Gasteiger partial charge < -0.3 is 9.47 Å². The molecule has 1 unspecified atom stereocenters. The van der Waals surface area contributed by atoms with E-state index < -0.39 is 39.9 Å². The molecule has 2 atom stereocenters. The molecular formula is C18H25NO7S. The van der Waals surface area contributed by atoms with Crippen LogP contribution in [0.3, 0.4) is 0 Å². The van der Waals surface area contributed by atoms with Crippen LogP contribution in [0.5, 0.6) is 0 Å². The number of carbonyl (C=O) groups excluding carboxylic acids is 2. The molecule has 1 aliphatic heterocycles. The molecule has 0 spiro atoms. The molecule has 1 aromatic rings. The lowest BCUT2D eigenvalue weighted by Gasteiger charge is -2.27. The summed E-state index contributed by atoms with van der Waals surface area (Å²) >= 11 is 0. The summed E-state index contributed by atoms with van der Waals surface area (Å²) < 4.78 is 40.3. The second kappa shape index (κ2) is 7.85. The molecule has 1 amide bonds. The quantitative estimate of drug-likeness (QED) is 0.565. The van der Waals surface area contributed by atoms with Gasteiger partial charge in [0.1, 0.15) is 11.6 Å². The molecule has 0 radical (unpaired) electrons. The number of nitrogens with zero attached hydrogens (tertiary/aromatic N) is 1. The highest BCUT2D eigenvalue weighted by Gasteiger charge is 2.44. The van der Waals surface area contributed by atoms with Gasteiger partial charge in [0.25, 0.3) is 10.1 Å². The molecule has 9 heteroatoms. The van der Waals surface area contributed by atoms with Crippen LogP contribution in [0.2, 0.25) is 0 Å². The largest absolute Gasteiger partial charge is 0.467 e. The summed E-state index contributed by atoms with van der Waals surface area (Å²) in [6.45, 7) is 6.84. The minimum absolute atomic E-state index is 0.00297. The fraction of sp³-hybridized carbons (Fsp3) is 0.556. The zero-order chi connectivity index (χ0) is 20.4. The van der Waals surface area contributed by atoms with E-state index in [2.05, 4.69) is 0 Å². The maximum Gasteiger partial charge on any atom is 0.411 e. The van der Waals surface area contributed by atoms with E-state index in [1.807, 2.05) is 6.92 Å². The van der Waals surface area contributed by atoms with E-state index in [0.29, 0.717) is 0 Å². The standard InChI is InChI=1S/C18H25NO7S/c1-12-6-8-14(9-7-12)27(22,23)26-13-10-15(16(20)24-5)19(11-13)17(21)25-18(2,3)4/h6-9,13,15H,10-11H2,1-5H3/t13?,15-/m0/s1. The van der Waals surface area contributed by atoms with E-state index in [-0.39, 0.29) is 17.9 Å². The number of rotatable bonds is 4. The van der Waals surface area contributed by atoms with Crippen molar-refractivity contribution < 1.29 is 31.7 Å². The lowest BCUT2D eigenvalue weighted by atomic mass is 10.2. The number of benzene rings is 1. The highest BCUT2D eigenvalue weighted by atomic mass is 32.2. The summed E-state index contributed by atoms with van der Waals surface area (Å²) in [6.07, 6.45) is -1.61. The Morgan fingerprint density at radius 1 is 1.15 bits per heavy atom. The first-order valence-electron chi connectivity index (χ1n) is 8.50. The van der Waals surface area contributed by atoms with Gasteiger partial charge in [0, 0.05) is 6.42 Å². The Bertz CT molecular complexity index is 796. The van der Waals surface area contributed by atoms with Gasteiger partial charge >= 0.3 is 12.1 Å². The van der Waals surface area contributed by atoms with Gasteiger partial charge in [0.2, 0.25) is 0 Å². The van der Waals surface area contributed by atoms with Gasteiger partial charge in [-0.15, -0.1) is 0 Å². The highest BCUT2D eigenvalue weighted by molar-refractivity contribution is 7.86. The van der Waals surface area contributed by atoms with E-state index in [1.54, 1.807) is 32.9 Å². The van der Waals surface area contributed by atoms with Crippen LogP contribution < -0.4 is 0 Å². The predicted molar refractivity (Wildman–Crippen MR) is 96.6 cm³/mol. The molecule has 0 aromatic heterocycles. The van der Waals surface area contributed by atoms with Gasteiger partial charge in [-0.05, 0) is 39.8 Å². The number of aryl methyl sites for hydroxylation is 1. The Balaban J connectivity index is 2.18. The summed E-state index contributed by atoms with van der Waals surface area (Å²) in [5.41, 5.74) is 0.154. The van der Waals surface area contributed by atoms with Crippen molar-refractivity contribution in [2.45, 2.75) is 56.8 Å². The average molecular weight is 399 g/mol. The van der Waals surface area contributed by atoms with Crippen molar-refractivity contribution in [3.8, 4) is 0 Å². The van der Waals surface area contributed by atoms with E-state index in [4.69, 9.17) is 13.7 Å². The predicted octanol–water partition coefficient (Wildman–Crippen LogP) is 2.25. The summed E-state index contributed by atoms with van der Waals surface area (Å²) in [6, 6.07) is 5.25. The first-order chi connectivity index (χ1) is 12.4. The third kappa shape index (κ3) is 5.43. The molecule has 8 nitrogen and oxygen atoms in total. The van der Waals surface area contributed by atoms with Crippen molar-refractivity contribution in [2.75, 3.05) is 13.7 Å². The Morgan fingerprint density at radius 3 is 2.26 bits per heavy atom. The van der Waals surface area contributed by atoms with Gasteiger partial charge in [-0.2, -0.15) is 8.42 Å². The highest BCUT2D eigenvalue weighted by Crippen LogP contribution is 2.27. The van der Waals surface area contributed by atoms with E-state index in [1.165, 1.54) is 19.2 Å². The Morgan fingerprint density at radius 2 is 1.74 bits per heavy atom. The van der Waals surface area contributed by atoms with Crippen molar-refractivity contribution in [1.82, 2.24) is 4.90 Å². The van der Waals surface area contributed by atoms with Crippen LogP contribution in [-0.2, 0) is 28.6 Å².